The van der Waals surface area contributed by atoms with Crippen molar-refractivity contribution in [3.8, 4) is 0 Å². The Labute approximate surface area is 89.8 Å². The minimum absolute atomic E-state index is 0.00764. The van der Waals surface area contributed by atoms with Gasteiger partial charge in [0, 0.05) is 11.5 Å². The molecule has 0 aromatic heterocycles. The van der Waals surface area contributed by atoms with E-state index in [1.54, 1.807) is 0 Å². The highest BCUT2D eigenvalue weighted by molar-refractivity contribution is 5.81. The second kappa shape index (κ2) is 2.85. The first kappa shape index (κ1) is 10.7. The summed E-state index contributed by atoms with van der Waals surface area (Å²) in [6, 6.07) is 0. The fourth-order valence-electron chi connectivity index (χ4n) is 3.48. The van der Waals surface area contributed by atoms with Crippen LogP contribution in [-0.4, -0.2) is 22.3 Å². The number of carboxylic acids is 1. The van der Waals surface area contributed by atoms with Crippen LogP contribution in [0.25, 0.3) is 0 Å². The first-order valence-electron chi connectivity index (χ1n) is 5.43. The predicted molar refractivity (Wildman–Crippen MR) is 56.3 cm³/mol. The number of hydrogen-bond acceptors (Lipinski definition) is 2. The third-order valence-electron chi connectivity index (χ3n) is 4.91. The minimum Gasteiger partial charge on any atom is -0.478 e. The third-order valence-corrected chi connectivity index (χ3v) is 4.91. The Morgan fingerprint density at radius 1 is 1.47 bits per heavy atom. The molecule has 2 N–H and O–H groups in total. The van der Waals surface area contributed by atoms with E-state index in [9.17, 15) is 9.90 Å². The molecule has 15 heavy (non-hydrogen) atoms. The standard InChI is InChI=1S/C12H18O3/c1-11(2)8-4-5-12(11,3)10(15)7(8)6-9(13)14/h6,8,10,15H,4-5H2,1-3H3,(H,13,14)/b7-6+/t8-,10-,12+/m1/s1. The molecular weight excluding hydrogens is 192 g/mol. The van der Waals surface area contributed by atoms with E-state index in [1.807, 2.05) is 0 Å². The van der Waals surface area contributed by atoms with E-state index in [1.165, 1.54) is 6.08 Å². The molecule has 3 nitrogen and oxygen atoms in total. The van der Waals surface area contributed by atoms with Gasteiger partial charge in [-0.1, -0.05) is 20.8 Å². The van der Waals surface area contributed by atoms with Crippen molar-refractivity contribution >= 4 is 5.97 Å². The maximum Gasteiger partial charge on any atom is 0.328 e. The summed E-state index contributed by atoms with van der Waals surface area (Å²) in [4.78, 5) is 10.7. The van der Waals surface area contributed by atoms with E-state index in [-0.39, 0.29) is 16.7 Å². The van der Waals surface area contributed by atoms with Crippen molar-refractivity contribution in [2.24, 2.45) is 16.7 Å². The Morgan fingerprint density at radius 2 is 2.07 bits per heavy atom. The Bertz CT molecular complexity index is 343. The van der Waals surface area contributed by atoms with E-state index >= 15 is 0 Å². The van der Waals surface area contributed by atoms with Crippen LogP contribution >= 0.6 is 0 Å². The highest BCUT2D eigenvalue weighted by atomic mass is 16.4. The SMILES string of the molecule is CC1(C)[C@@H]2CC[C@@]1(C)[C@H](O)/C2=C/C(=O)O. The number of rotatable bonds is 1. The van der Waals surface area contributed by atoms with Crippen LogP contribution in [0, 0.1) is 16.7 Å². The molecule has 0 aromatic carbocycles. The zero-order chi connectivity index (χ0) is 11.4. The van der Waals surface area contributed by atoms with Gasteiger partial charge < -0.3 is 10.2 Å². The summed E-state index contributed by atoms with van der Waals surface area (Å²) in [6.45, 7) is 6.34. The Kier molecular flexibility index (Phi) is 2.03. The van der Waals surface area contributed by atoms with Crippen LogP contribution in [0.5, 0.6) is 0 Å². The van der Waals surface area contributed by atoms with Gasteiger partial charge in [0.05, 0.1) is 6.10 Å². The van der Waals surface area contributed by atoms with Gasteiger partial charge in [0.25, 0.3) is 0 Å². The van der Waals surface area contributed by atoms with Crippen LogP contribution in [0.2, 0.25) is 0 Å². The number of carbonyl (C=O) groups is 1. The van der Waals surface area contributed by atoms with Gasteiger partial charge in [-0.25, -0.2) is 4.79 Å². The van der Waals surface area contributed by atoms with E-state index < -0.39 is 12.1 Å². The van der Waals surface area contributed by atoms with Crippen LogP contribution in [-0.2, 0) is 4.79 Å². The summed E-state index contributed by atoms with van der Waals surface area (Å²) in [5, 5.41) is 19.0. The molecule has 84 valence electrons. The van der Waals surface area contributed by atoms with E-state index in [4.69, 9.17) is 5.11 Å². The van der Waals surface area contributed by atoms with Crippen molar-refractivity contribution in [3.05, 3.63) is 11.6 Å². The average Bonchev–Trinajstić information content (AvgIpc) is 2.40. The third kappa shape index (κ3) is 1.13. The molecule has 3 heteroatoms. The molecular formula is C12H18O3. The van der Waals surface area contributed by atoms with Gasteiger partial charge in [0.15, 0.2) is 0 Å². The summed E-state index contributed by atoms with van der Waals surface area (Å²) < 4.78 is 0. The molecule has 2 bridgehead atoms. The molecule has 0 saturated heterocycles. The first-order chi connectivity index (χ1) is 6.80. The molecule has 2 aliphatic rings. The van der Waals surface area contributed by atoms with Crippen LogP contribution in [0.3, 0.4) is 0 Å². The quantitative estimate of drug-likeness (QED) is 0.649. The molecule has 0 heterocycles. The largest absolute Gasteiger partial charge is 0.478 e. The van der Waals surface area contributed by atoms with Gasteiger partial charge in [-0.2, -0.15) is 0 Å². The van der Waals surface area contributed by atoms with E-state index in [0.29, 0.717) is 0 Å². The molecule has 2 saturated carbocycles. The molecule has 2 aliphatic carbocycles. The summed E-state index contributed by atoms with van der Waals surface area (Å²) in [5.74, 6) is -0.718. The maximum atomic E-state index is 10.7. The molecule has 2 rings (SSSR count). The highest BCUT2D eigenvalue weighted by Gasteiger charge is 2.63. The van der Waals surface area contributed by atoms with Crippen molar-refractivity contribution < 1.29 is 15.0 Å². The second-order valence-electron chi connectivity index (χ2n) is 5.62. The first-order valence-corrected chi connectivity index (χ1v) is 5.43. The summed E-state index contributed by atoms with van der Waals surface area (Å²) in [5.41, 5.74) is 0.577. The fourth-order valence-corrected chi connectivity index (χ4v) is 3.48. The van der Waals surface area contributed by atoms with Crippen molar-refractivity contribution in [2.45, 2.75) is 39.7 Å². The number of aliphatic hydroxyl groups excluding tert-OH is 1. The lowest BCUT2D eigenvalue weighted by molar-refractivity contribution is -0.131. The monoisotopic (exact) mass is 210 g/mol. The maximum absolute atomic E-state index is 10.7. The molecule has 0 aromatic rings. The lowest BCUT2D eigenvalue weighted by Gasteiger charge is -2.36. The molecule has 3 atom stereocenters. The smallest absolute Gasteiger partial charge is 0.328 e. The Morgan fingerprint density at radius 3 is 2.47 bits per heavy atom. The van der Waals surface area contributed by atoms with Crippen LogP contribution in [0.1, 0.15) is 33.6 Å². The minimum atomic E-state index is -0.948. The number of aliphatic hydroxyl groups is 1. The number of aliphatic carboxylic acids is 1. The van der Waals surface area contributed by atoms with E-state index in [2.05, 4.69) is 20.8 Å². The van der Waals surface area contributed by atoms with Gasteiger partial charge in [-0.15, -0.1) is 0 Å². The molecule has 0 amide bonds. The Balaban J connectivity index is 2.47. The van der Waals surface area contributed by atoms with Gasteiger partial charge in [-0.05, 0) is 29.7 Å². The lowest BCUT2D eigenvalue weighted by atomic mass is 9.70. The van der Waals surface area contributed by atoms with Crippen molar-refractivity contribution in [1.82, 2.24) is 0 Å². The summed E-state index contributed by atoms with van der Waals surface area (Å²) in [7, 11) is 0. The van der Waals surface area contributed by atoms with Crippen LogP contribution in [0.4, 0.5) is 0 Å². The number of hydrogen-bond donors (Lipinski definition) is 2. The van der Waals surface area contributed by atoms with E-state index in [0.717, 1.165) is 18.4 Å². The topological polar surface area (TPSA) is 57.5 Å². The zero-order valence-electron chi connectivity index (χ0n) is 9.45. The summed E-state index contributed by atoms with van der Waals surface area (Å²) >= 11 is 0. The lowest BCUT2D eigenvalue weighted by Crippen LogP contribution is -2.35. The van der Waals surface area contributed by atoms with Crippen molar-refractivity contribution in [3.63, 3.8) is 0 Å². The van der Waals surface area contributed by atoms with Crippen LogP contribution < -0.4 is 0 Å². The molecule has 0 radical (unpaired) electrons. The van der Waals surface area contributed by atoms with Gasteiger partial charge in [0.1, 0.15) is 0 Å². The average molecular weight is 210 g/mol. The Hall–Kier alpha value is -0.830. The molecule has 0 spiro atoms. The normalized spacial score (nSPS) is 44.9. The van der Waals surface area contributed by atoms with Crippen molar-refractivity contribution in [1.29, 1.82) is 0 Å². The zero-order valence-corrected chi connectivity index (χ0v) is 9.45. The predicted octanol–water partition coefficient (Wildman–Crippen LogP) is 1.81. The summed E-state index contributed by atoms with van der Waals surface area (Å²) in [6.07, 6.45) is 2.62. The van der Waals surface area contributed by atoms with Gasteiger partial charge >= 0.3 is 5.97 Å². The fraction of sp³-hybridized carbons (Fsp3) is 0.750. The van der Waals surface area contributed by atoms with Gasteiger partial charge in [0.2, 0.25) is 0 Å². The number of carboxylic acid groups (broad SMARTS) is 1. The number of fused-ring (bicyclic) bond motifs is 2. The van der Waals surface area contributed by atoms with Gasteiger partial charge in [-0.3, -0.25) is 0 Å². The van der Waals surface area contributed by atoms with Crippen LogP contribution in [0.15, 0.2) is 11.6 Å². The molecule has 0 aliphatic heterocycles. The molecule has 2 fully saturated rings. The van der Waals surface area contributed by atoms with Crippen molar-refractivity contribution in [2.75, 3.05) is 0 Å². The highest BCUT2D eigenvalue weighted by Crippen LogP contribution is 2.67. The second-order valence-corrected chi connectivity index (χ2v) is 5.62. The molecule has 0 unspecified atom stereocenters.